The summed E-state index contributed by atoms with van der Waals surface area (Å²) in [6.07, 6.45) is -5.55. The van der Waals surface area contributed by atoms with Crippen molar-refractivity contribution in [2.45, 2.75) is 90.6 Å². The van der Waals surface area contributed by atoms with Crippen LogP contribution < -0.4 is 4.74 Å². The normalized spacial score (nSPS) is 24.9. The van der Waals surface area contributed by atoms with Crippen molar-refractivity contribution in [2.24, 2.45) is 5.92 Å². The molecule has 2 heterocycles. The van der Waals surface area contributed by atoms with Crippen molar-refractivity contribution in [3.05, 3.63) is 46.6 Å². The van der Waals surface area contributed by atoms with E-state index in [-0.39, 0.29) is 24.4 Å². The minimum atomic E-state index is -2.48. The van der Waals surface area contributed by atoms with E-state index < -0.39 is 42.8 Å². The van der Waals surface area contributed by atoms with Crippen molar-refractivity contribution >= 4 is 5.97 Å². The summed E-state index contributed by atoms with van der Waals surface area (Å²) < 4.78 is 18.0. The minimum Gasteiger partial charge on any atom is -0.463 e. The van der Waals surface area contributed by atoms with Crippen LogP contribution in [0.3, 0.4) is 0 Å². The van der Waals surface area contributed by atoms with Crippen molar-refractivity contribution in [1.82, 2.24) is 9.78 Å². The Bertz CT molecular complexity index is 1050. The summed E-state index contributed by atoms with van der Waals surface area (Å²) in [5, 5.41) is 47.2. The van der Waals surface area contributed by atoms with Gasteiger partial charge in [0.25, 0.3) is 0 Å². The lowest BCUT2D eigenvalue weighted by atomic mass is 9.87. The summed E-state index contributed by atoms with van der Waals surface area (Å²) in [5.74, 6) is -0.931. The molecule has 2 aromatic rings. The molecule has 10 nitrogen and oxygen atoms in total. The second-order valence-corrected chi connectivity index (χ2v) is 10.4. The summed E-state index contributed by atoms with van der Waals surface area (Å²) in [6.45, 7) is 10.9. The molecule has 0 amide bonds. The van der Waals surface area contributed by atoms with Crippen molar-refractivity contribution in [3.63, 3.8) is 0 Å². The van der Waals surface area contributed by atoms with E-state index in [1.807, 2.05) is 46.8 Å². The van der Waals surface area contributed by atoms with Crippen molar-refractivity contribution in [3.8, 4) is 5.88 Å². The van der Waals surface area contributed by atoms with Gasteiger partial charge in [-0.1, -0.05) is 45.0 Å². The highest BCUT2D eigenvalue weighted by Crippen LogP contribution is 2.31. The molecule has 0 bridgehead atoms. The number of rotatable bonds is 10. The fourth-order valence-corrected chi connectivity index (χ4v) is 4.27. The monoisotopic (exact) mass is 520 g/mol. The van der Waals surface area contributed by atoms with Gasteiger partial charge in [-0.05, 0) is 44.2 Å². The number of ether oxygens (including phenoxy) is 3. The Balaban J connectivity index is 1.79. The van der Waals surface area contributed by atoms with E-state index >= 15 is 0 Å². The number of benzene rings is 1. The number of aromatic nitrogens is 2. The van der Waals surface area contributed by atoms with Crippen LogP contribution in [-0.2, 0) is 27.1 Å². The zero-order valence-electron chi connectivity index (χ0n) is 22.4. The fraction of sp³-hybridized carbons (Fsp3) is 0.630. The van der Waals surface area contributed by atoms with Crippen LogP contribution in [0.25, 0.3) is 0 Å². The smallest absolute Gasteiger partial charge is 0.343 e. The van der Waals surface area contributed by atoms with Crippen molar-refractivity contribution in [1.29, 1.82) is 0 Å². The number of aliphatic hydroxyl groups excluding tert-OH is 3. The zero-order valence-corrected chi connectivity index (χ0v) is 22.4. The Morgan fingerprint density at radius 1 is 1.19 bits per heavy atom. The van der Waals surface area contributed by atoms with Gasteiger partial charge in [0.05, 0.1) is 13.2 Å². The number of aryl methyl sites for hydroxylation is 1. The third-order valence-corrected chi connectivity index (χ3v) is 6.60. The molecule has 1 aromatic heterocycles. The molecule has 1 saturated heterocycles. The molecule has 0 aliphatic carbocycles. The van der Waals surface area contributed by atoms with E-state index in [0.29, 0.717) is 6.42 Å². The average molecular weight is 521 g/mol. The van der Waals surface area contributed by atoms with E-state index in [2.05, 4.69) is 24.2 Å². The van der Waals surface area contributed by atoms with Crippen LogP contribution in [-0.4, -0.2) is 79.6 Å². The Hall–Kier alpha value is -2.50. The highest BCUT2D eigenvalue weighted by atomic mass is 16.6. The zero-order chi connectivity index (χ0) is 27.5. The Morgan fingerprint density at radius 3 is 2.38 bits per heavy atom. The van der Waals surface area contributed by atoms with Crippen LogP contribution in [0.4, 0.5) is 0 Å². The molecule has 206 valence electrons. The van der Waals surface area contributed by atoms with Crippen LogP contribution >= 0.6 is 0 Å². The first-order valence-electron chi connectivity index (χ1n) is 12.8. The van der Waals surface area contributed by atoms with Crippen molar-refractivity contribution in [2.75, 3.05) is 13.2 Å². The van der Waals surface area contributed by atoms with Crippen LogP contribution in [0.15, 0.2) is 24.3 Å². The lowest BCUT2D eigenvalue weighted by Gasteiger charge is -2.42. The summed E-state index contributed by atoms with van der Waals surface area (Å²) in [7, 11) is 0. The summed E-state index contributed by atoms with van der Waals surface area (Å²) in [6, 6.07) is 8.23. The molecule has 37 heavy (non-hydrogen) atoms. The Kier molecular flexibility index (Phi) is 9.36. The van der Waals surface area contributed by atoms with Gasteiger partial charge in [0.2, 0.25) is 17.8 Å². The molecule has 0 saturated carbocycles. The van der Waals surface area contributed by atoms with Gasteiger partial charge in [-0.15, -0.1) is 5.10 Å². The lowest BCUT2D eigenvalue weighted by molar-refractivity contribution is -0.273. The fourth-order valence-electron chi connectivity index (χ4n) is 4.27. The standard InChI is InChI=1S/C27H40N2O8/c1-7-18-8-10-19(11-9-18)12-20-17(6)29(16(4)5)28-24(20)37-25(32)22-21(30)23(31)27(34,14-36-22)26(33)35-13-15(2)3/h8-11,15-16,21-23,25,30-32,34H,7,12-14H2,1-6H3/t21-,22+,23+,25?,27+/m1/s1. The molecule has 1 unspecified atom stereocenters. The number of nitrogens with zero attached hydrogens (tertiary/aromatic N) is 2. The number of hydrogen-bond acceptors (Lipinski definition) is 9. The predicted molar refractivity (Wildman–Crippen MR) is 135 cm³/mol. The molecule has 1 fully saturated rings. The summed E-state index contributed by atoms with van der Waals surface area (Å²) in [4.78, 5) is 12.4. The number of aliphatic hydroxyl groups is 4. The average Bonchev–Trinajstić information content (AvgIpc) is 3.16. The van der Waals surface area contributed by atoms with E-state index in [9.17, 15) is 25.2 Å². The van der Waals surface area contributed by atoms with E-state index in [1.165, 1.54) is 5.56 Å². The van der Waals surface area contributed by atoms with E-state index in [1.54, 1.807) is 4.68 Å². The summed E-state index contributed by atoms with van der Waals surface area (Å²) in [5.41, 5.74) is 1.41. The highest BCUT2D eigenvalue weighted by Gasteiger charge is 2.56. The predicted octanol–water partition coefficient (Wildman–Crippen LogP) is 1.67. The maximum absolute atomic E-state index is 12.4. The van der Waals surface area contributed by atoms with Crippen LogP contribution in [0.1, 0.15) is 63.0 Å². The van der Waals surface area contributed by atoms with Crippen LogP contribution in [0, 0.1) is 12.8 Å². The molecular weight excluding hydrogens is 480 g/mol. The van der Waals surface area contributed by atoms with Gasteiger partial charge in [-0.25, -0.2) is 4.79 Å². The number of hydrogen-bond donors (Lipinski definition) is 4. The highest BCUT2D eigenvalue weighted by molar-refractivity contribution is 5.80. The molecule has 5 atom stereocenters. The molecule has 10 heteroatoms. The SMILES string of the molecule is CCc1ccc(Cc2c(OC(O)[C@H]3OC[C@@](O)(C(=O)OCC(C)C)[C@@H](O)[C@@H]3O)nn(C(C)C)c2C)cc1. The van der Waals surface area contributed by atoms with Gasteiger partial charge in [-0.2, -0.15) is 0 Å². The topological polar surface area (TPSA) is 144 Å². The number of carbonyl (C=O) groups excluding carboxylic acids is 1. The third kappa shape index (κ3) is 6.32. The second-order valence-electron chi connectivity index (χ2n) is 10.4. The van der Waals surface area contributed by atoms with Gasteiger partial charge >= 0.3 is 5.97 Å². The van der Waals surface area contributed by atoms with Crippen molar-refractivity contribution < 1.29 is 39.4 Å². The number of carbonyl (C=O) groups is 1. The Morgan fingerprint density at radius 2 is 1.81 bits per heavy atom. The molecule has 0 spiro atoms. The largest absolute Gasteiger partial charge is 0.463 e. The first-order valence-corrected chi connectivity index (χ1v) is 12.8. The first kappa shape index (κ1) is 29.1. The molecule has 4 N–H and O–H groups in total. The summed E-state index contributed by atoms with van der Waals surface area (Å²) >= 11 is 0. The van der Waals surface area contributed by atoms with E-state index in [4.69, 9.17) is 14.2 Å². The van der Waals surface area contributed by atoms with Gasteiger partial charge < -0.3 is 34.6 Å². The molecule has 1 aliphatic rings. The number of esters is 1. The van der Waals surface area contributed by atoms with Gasteiger partial charge in [0, 0.05) is 23.7 Å². The van der Waals surface area contributed by atoms with Crippen LogP contribution in [0.5, 0.6) is 5.88 Å². The third-order valence-electron chi connectivity index (χ3n) is 6.60. The van der Waals surface area contributed by atoms with E-state index in [0.717, 1.165) is 23.2 Å². The maximum Gasteiger partial charge on any atom is 0.343 e. The van der Waals surface area contributed by atoms with Gasteiger partial charge in [0.15, 0.2) is 0 Å². The molecule has 1 aliphatic heterocycles. The van der Waals surface area contributed by atoms with Crippen LogP contribution in [0.2, 0.25) is 0 Å². The molecule has 3 rings (SSSR count). The minimum absolute atomic E-state index is 0.00924. The first-order chi connectivity index (χ1) is 17.4. The molecule has 1 aromatic carbocycles. The second kappa shape index (κ2) is 11.9. The van der Waals surface area contributed by atoms with Gasteiger partial charge in [-0.3, -0.25) is 4.68 Å². The molecule has 0 radical (unpaired) electrons. The quantitative estimate of drug-likeness (QED) is 0.272. The lowest BCUT2D eigenvalue weighted by Crippen LogP contribution is -2.67. The van der Waals surface area contributed by atoms with Gasteiger partial charge in [0.1, 0.15) is 18.3 Å². The maximum atomic E-state index is 12.4. The molecular formula is C27H40N2O8. The Labute approximate surface area is 217 Å².